The van der Waals surface area contributed by atoms with Gasteiger partial charge in [0, 0.05) is 17.8 Å². The zero-order chi connectivity index (χ0) is 22.5. The molecule has 1 aromatic heterocycles. The summed E-state index contributed by atoms with van der Waals surface area (Å²) in [5, 5.41) is 5.04. The lowest BCUT2D eigenvalue weighted by Crippen LogP contribution is -2.47. The minimum atomic E-state index is -0.606. The number of fused-ring (bicyclic) bond motifs is 2. The normalized spacial score (nSPS) is 19.2. The average Bonchev–Trinajstić information content (AvgIpc) is 3.39. The van der Waals surface area contributed by atoms with Crippen LogP contribution >= 0.6 is 11.6 Å². The first-order valence-corrected chi connectivity index (χ1v) is 11.2. The molecule has 1 aliphatic heterocycles. The summed E-state index contributed by atoms with van der Waals surface area (Å²) in [5.74, 6) is -0.326. The number of methoxy groups -OCH3 is 1. The molecule has 7 heteroatoms. The van der Waals surface area contributed by atoms with E-state index >= 15 is 0 Å². The molecule has 1 spiro atoms. The van der Waals surface area contributed by atoms with Crippen molar-refractivity contribution in [2.75, 3.05) is 12.0 Å². The molecule has 2 aliphatic rings. The predicted molar refractivity (Wildman–Crippen MR) is 122 cm³/mol. The summed E-state index contributed by atoms with van der Waals surface area (Å²) in [6, 6.07) is 11.3. The van der Waals surface area contributed by atoms with E-state index in [0.717, 1.165) is 41.0 Å². The third kappa shape index (κ3) is 3.30. The van der Waals surface area contributed by atoms with E-state index in [1.54, 1.807) is 17.2 Å². The molecule has 0 saturated heterocycles. The molecule has 2 heterocycles. The fourth-order valence-corrected chi connectivity index (χ4v) is 5.20. The molecule has 1 aliphatic carbocycles. The number of anilines is 2. The van der Waals surface area contributed by atoms with Crippen molar-refractivity contribution in [3.63, 3.8) is 0 Å². The SMILES string of the molecule is CCCn1cc(N2C(=O)C3(Cc4ccc(C(=O)OC)cc4C3)Cc3ccc(Cl)cc32)cn1. The Labute approximate surface area is 191 Å². The van der Waals surface area contributed by atoms with Crippen LogP contribution in [-0.2, 0) is 35.3 Å². The highest BCUT2D eigenvalue weighted by Crippen LogP contribution is 2.49. The number of rotatable bonds is 4. The molecule has 1 atom stereocenters. The number of hydrogen-bond acceptors (Lipinski definition) is 4. The van der Waals surface area contributed by atoms with Crippen molar-refractivity contribution in [3.05, 3.63) is 76.1 Å². The summed E-state index contributed by atoms with van der Waals surface area (Å²) in [6.45, 7) is 2.88. The van der Waals surface area contributed by atoms with Crippen molar-refractivity contribution >= 4 is 34.9 Å². The molecular weight excluding hydrogens is 426 g/mol. The van der Waals surface area contributed by atoms with Gasteiger partial charge in [0.25, 0.3) is 0 Å². The number of esters is 1. The fourth-order valence-electron chi connectivity index (χ4n) is 5.03. The molecule has 0 fully saturated rings. The Morgan fingerprint density at radius 1 is 1.12 bits per heavy atom. The number of ether oxygens (including phenoxy) is 1. The zero-order valence-corrected chi connectivity index (χ0v) is 18.9. The van der Waals surface area contributed by atoms with Crippen LogP contribution in [0.4, 0.5) is 11.4 Å². The van der Waals surface area contributed by atoms with Crippen LogP contribution in [0.2, 0.25) is 5.02 Å². The number of hydrogen-bond donors (Lipinski definition) is 0. The van der Waals surface area contributed by atoms with E-state index < -0.39 is 5.41 Å². The van der Waals surface area contributed by atoms with Gasteiger partial charge < -0.3 is 4.74 Å². The molecule has 0 bridgehead atoms. The molecule has 6 nitrogen and oxygen atoms in total. The van der Waals surface area contributed by atoms with E-state index in [1.807, 2.05) is 41.2 Å². The van der Waals surface area contributed by atoms with Gasteiger partial charge in [0.05, 0.1) is 35.7 Å². The van der Waals surface area contributed by atoms with E-state index in [1.165, 1.54) is 7.11 Å². The second-order valence-electron chi connectivity index (χ2n) is 8.66. The van der Waals surface area contributed by atoms with Crippen molar-refractivity contribution in [2.45, 2.75) is 39.2 Å². The van der Waals surface area contributed by atoms with Crippen LogP contribution in [0.3, 0.4) is 0 Å². The fraction of sp³-hybridized carbons (Fsp3) is 0.320. The average molecular weight is 450 g/mol. The van der Waals surface area contributed by atoms with E-state index in [4.69, 9.17) is 16.3 Å². The number of carbonyl (C=O) groups is 2. The van der Waals surface area contributed by atoms with Crippen molar-refractivity contribution < 1.29 is 14.3 Å². The highest BCUT2D eigenvalue weighted by Gasteiger charge is 2.50. The number of nitrogens with zero attached hydrogens (tertiary/aromatic N) is 3. The van der Waals surface area contributed by atoms with Crippen LogP contribution in [-0.4, -0.2) is 28.8 Å². The van der Waals surface area contributed by atoms with Crippen LogP contribution in [0, 0.1) is 5.41 Å². The molecule has 3 aromatic rings. The van der Waals surface area contributed by atoms with Gasteiger partial charge in [0.15, 0.2) is 0 Å². The van der Waals surface area contributed by atoms with Gasteiger partial charge in [-0.25, -0.2) is 4.79 Å². The van der Waals surface area contributed by atoms with Crippen molar-refractivity contribution in [1.29, 1.82) is 0 Å². The second kappa shape index (κ2) is 7.78. The topological polar surface area (TPSA) is 64.4 Å². The highest BCUT2D eigenvalue weighted by molar-refractivity contribution is 6.31. The number of halogens is 1. The summed E-state index contributed by atoms with van der Waals surface area (Å²) in [6.07, 6.45) is 6.45. The van der Waals surface area contributed by atoms with E-state index in [0.29, 0.717) is 29.8 Å². The number of carbonyl (C=O) groups excluding carboxylic acids is 2. The lowest BCUT2D eigenvalue weighted by atomic mass is 9.74. The number of aryl methyl sites for hydroxylation is 1. The van der Waals surface area contributed by atoms with Crippen LogP contribution in [0.15, 0.2) is 48.8 Å². The largest absolute Gasteiger partial charge is 0.465 e. The monoisotopic (exact) mass is 449 g/mol. The first-order chi connectivity index (χ1) is 15.4. The first kappa shape index (κ1) is 20.8. The Morgan fingerprint density at radius 3 is 2.66 bits per heavy atom. The lowest BCUT2D eigenvalue weighted by Gasteiger charge is -2.40. The minimum absolute atomic E-state index is 0.0409. The summed E-state index contributed by atoms with van der Waals surface area (Å²) >= 11 is 6.31. The second-order valence-corrected chi connectivity index (χ2v) is 9.10. The quantitative estimate of drug-likeness (QED) is 0.540. The Hall–Kier alpha value is -3.12. The van der Waals surface area contributed by atoms with E-state index in [2.05, 4.69) is 12.0 Å². The first-order valence-electron chi connectivity index (χ1n) is 10.8. The number of aromatic nitrogens is 2. The van der Waals surface area contributed by atoms with Crippen LogP contribution in [0.1, 0.15) is 40.4 Å². The standard InChI is InChI=1S/C25H24ClN3O3/c1-3-8-28-15-21(14-27-28)29-22-10-20(26)7-6-18(22)12-25(24(29)31)11-17-5-4-16(23(30)32-2)9-19(17)13-25/h4-7,9-10,14-15H,3,8,11-13H2,1-2H3. The molecule has 164 valence electrons. The molecule has 1 amide bonds. The third-order valence-electron chi connectivity index (χ3n) is 6.49. The third-order valence-corrected chi connectivity index (χ3v) is 6.72. The van der Waals surface area contributed by atoms with Crippen molar-refractivity contribution in [3.8, 4) is 0 Å². The Balaban J connectivity index is 1.58. The Morgan fingerprint density at radius 2 is 1.88 bits per heavy atom. The van der Waals surface area contributed by atoms with Crippen molar-refractivity contribution in [1.82, 2.24) is 9.78 Å². The van der Waals surface area contributed by atoms with Gasteiger partial charge in [-0.2, -0.15) is 5.10 Å². The van der Waals surface area contributed by atoms with Crippen LogP contribution in [0.25, 0.3) is 0 Å². The van der Waals surface area contributed by atoms with Crippen molar-refractivity contribution in [2.24, 2.45) is 5.41 Å². The van der Waals surface area contributed by atoms with Gasteiger partial charge in [-0.15, -0.1) is 0 Å². The highest BCUT2D eigenvalue weighted by atomic mass is 35.5. The van der Waals surface area contributed by atoms with Crippen LogP contribution in [0.5, 0.6) is 0 Å². The number of amides is 1. The van der Waals surface area contributed by atoms with Gasteiger partial charge in [-0.1, -0.05) is 30.7 Å². The summed E-state index contributed by atoms with van der Waals surface area (Å²) in [7, 11) is 1.38. The predicted octanol–water partition coefficient (Wildman–Crippen LogP) is 4.74. The van der Waals surface area contributed by atoms with E-state index in [9.17, 15) is 9.59 Å². The molecule has 1 unspecified atom stereocenters. The molecule has 5 rings (SSSR count). The van der Waals surface area contributed by atoms with Gasteiger partial charge in [0.1, 0.15) is 0 Å². The maximum absolute atomic E-state index is 14.1. The zero-order valence-electron chi connectivity index (χ0n) is 18.1. The lowest BCUT2D eigenvalue weighted by molar-refractivity contribution is -0.127. The smallest absolute Gasteiger partial charge is 0.337 e. The van der Waals surface area contributed by atoms with Gasteiger partial charge in [-0.3, -0.25) is 14.4 Å². The maximum Gasteiger partial charge on any atom is 0.337 e. The summed E-state index contributed by atoms with van der Waals surface area (Å²) in [5.41, 5.74) is 4.68. The Bertz CT molecular complexity index is 1230. The number of benzene rings is 2. The molecular formula is C25H24ClN3O3. The van der Waals surface area contributed by atoms with E-state index in [-0.39, 0.29) is 11.9 Å². The van der Waals surface area contributed by atoms with Gasteiger partial charge >= 0.3 is 5.97 Å². The van der Waals surface area contributed by atoms with Crippen LogP contribution < -0.4 is 4.90 Å². The minimum Gasteiger partial charge on any atom is -0.465 e. The molecule has 0 saturated carbocycles. The Kier molecular flexibility index (Phi) is 5.05. The molecule has 0 radical (unpaired) electrons. The maximum atomic E-state index is 14.1. The molecule has 0 N–H and O–H groups in total. The summed E-state index contributed by atoms with van der Waals surface area (Å²) < 4.78 is 6.73. The molecule has 32 heavy (non-hydrogen) atoms. The van der Waals surface area contributed by atoms with Gasteiger partial charge in [0.2, 0.25) is 5.91 Å². The van der Waals surface area contributed by atoms with Gasteiger partial charge in [-0.05, 0) is 66.6 Å². The summed E-state index contributed by atoms with van der Waals surface area (Å²) in [4.78, 5) is 27.9. The molecule has 2 aromatic carbocycles.